The number of aromatic nitrogens is 1. The molecule has 0 saturated carbocycles. The monoisotopic (exact) mass is 379 g/mol. The Hall–Kier alpha value is -2.32. The number of hydrogen-bond donors (Lipinski definition) is 2. The number of nitroso groups, excluding NO2 is 1. The van der Waals surface area contributed by atoms with Gasteiger partial charge in [0.2, 0.25) is 0 Å². The molecule has 2 atom stereocenters. The largest absolute Gasteiger partial charge is 0.396 e. The van der Waals surface area contributed by atoms with E-state index in [1.165, 1.54) is 0 Å². The van der Waals surface area contributed by atoms with Crippen LogP contribution in [0.2, 0.25) is 0 Å². The maximum atomic E-state index is 12.4. The first-order chi connectivity index (χ1) is 13.1. The fourth-order valence-corrected chi connectivity index (χ4v) is 2.34. The van der Waals surface area contributed by atoms with E-state index in [1.807, 2.05) is 38.2 Å². The van der Waals surface area contributed by atoms with Crippen LogP contribution >= 0.6 is 0 Å². The van der Waals surface area contributed by atoms with Gasteiger partial charge in [-0.15, -0.1) is 0 Å². The van der Waals surface area contributed by atoms with Gasteiger partial charge in [-0.05, 0) is 32.6 Å². The van der Waals surface area contributed by atoms with E-state index in [1.54, 1.807) is 6.92 Å². The Morgan fingerprint density at radius 2 is 2.22 bits per heavy atom. The van der Waals surface area contributed by atoms with Crippen LogP contribution in [0.5, 0.6) is 0 Å². The molecule has 8 nitrogen and oxygen atoms in total. The summed E-state index contributed by atoms with van der Waals surface area (Å²) in [6.07, 6.45) is 9.22. The van der Waals surface area contributed by atoms with Crippen molar-refractivity contribution in [2.75, 3.05) is 19.8 Å². The zero-order valence-electron chi connectivity index (χ0n) is 16.2. The highest BCUT2D eigenvalue weighted by Gasteiger charge is 2.27. The third kappa shape index (κ3) is 7.44. The van der Waals surface area contributed by atoms with Gasteiger partial charge in [0, 0.05) is 13.2 Å². The standard InChI is InChI=1S/C19H29N3O5/c1-4-6-7-8-9-10-26-13-16-17(14(3)21-25)18(22-27-16)19(24)20-11-15(5-2)12-23/h4,6-8,14-15,23H,5,9-13H2,1-3H3,(H,20,24)/b6-4-,8-7-. The molecule has 0 bridgehead atoms. The van der Waals surface area contributed by atoms with E-state index in [0.717, 1.165) is 12.8 Å². The van der Waals surface area contributed by atoms with Crippen LogP contribution in [0.3, 0.4) is 0 Å². The van der Waals surface area contributed by atoms with Crippen LogP contribution in [-0.2, 0) is 11.3 Å². The maximum Gasteiger partial charge on any atom is 0.273 e. The number of nitrogens with zero attached hydrogens (tertiary/aromatic N) is 2. The summed E-state index contributed by atoms with van der Waals surface area (Å²) in [6.45, 7) is 6.29. The number of carbonyl (C=O) groups is 1. The molecule has 1 aromatic rings. The Labute approximate surface area is 159 Å². The average molecular weight is 379 g/mol. The summed E-state index contributed by atoms with van der Waals surface area (Å²) in [5.41, 5.74) is 0.366. The molecular weight excluding hydrogens is 350 g/mol. The van der Waals surface area contributed by atoms with Gasteiger partial charge in [-0.1, -0.05) is 41.6 Å². The number of rotatable bonds is 13. The molecule has 0 aromatic carbocycles. The van der Waals surface area contributed by atoms with Gasteiger partial charge in [0.05, 0.1) is 12.2 Å². The molecule has 8 heteroatoms. The molecule has 0 spiro atoms. The Morgan fingerprint density at radius 3 is 2.85 bits per heavy atom. The van der Waals surface area contributed by atoms with Crippen molar-refractivity contribution in [3.8, 4) is 0 Å². The first-order valence-electron chi connectivity index (χ1n) is 9.14. The highest BCUT2D eigenvalue weighted by molar-refractivity contribution is 5.94. The van der Waals surface area contributed by atoms with E-state index < -0.39 is 11.9 Å². The number of ether oxygens (including phenoxy) is 1. The molecule has 0 radical (unpaired) electrons. The van der Waals surface area contributed by atoms with E-state index in [4.69, 9.17) is 9.26 Å². The number of nitrogens with one attached hydrogen (secondary N) is 1. The number of aliphatic hydroxyl groups is 1. The van der Waals surface area contributed by atoms with Gasteiger partial charge in [0.1, 0.15) is 12.6 Å². The van der Waals surface area contributed by atoms with Crippen molar-refractivity contribution in [3.05, 3.63) is 46.2 Å². The van der Waals surface area contributed by atoms with Gasteiger partial charge >= 0.3 is 0 Å². The molecule has 0 aliphatic carbocycles. The summed E-state index contributed by atoms with van der Waals surface area (Å²) in [5.74, 6) is -0.181. The van der Waals surface area contributed by atoms with E-state index in [-0.39, 0.29) is 24.8 Å². The molecule has 2 N–H and O–H groups in total. The fourth-order valence-electron chi connectivity index (χ4n) is 2.34. The minimum absolute atomic E-state index is 0.0175. The Kier molecular flexibility index (Phi) is 10.9. The highest BCUT2D eigenvalue weighted by Crippen LogP contribution is 2.26. The van der Waals surface area contributed by atoms with Crippen LogP contribution in [-0.4, -0.2) is 35.9 Å². The van der Waals surface area contributed by atoms with Crippen molar-refractivity contribution in [1.82, 2.24) is 10.5 Å². The van der Waals surface area contributed by atoms with Gasteiger partial charge in [-0.3, -0.25) is 4.79 Å². The topological polar surface area (TPSA) is 114 Å². The van der Waals surface area contributed by atoms with Crippen molar-refractivity contribution in [2.45, 2.75) is 46.3 Å². The first-order valence-corrected chi connectivity index (χ1v) is 9.14. The lowest BCUT2D eigenvalue weighted by molar-refractivity contribution is 0.0926. The summed E-state index contributed by atoms with van der Waals surface area (Å²) in [7, 11) is 0. The van der Waals surface area contributed by atoms with Crippen molar-refractivity contribution in [3.63, 3.8) is 0 Å². The van der Waals surface area contributed by atoms with E-state index in [0.29, 0.717) is 24.5 Å². The zero-order chi connectivity index (χ0) is 20.1. The average Bonchev–Trinajstić information content (AvgIpc) is 3.11. The van der Waals surface area contributed by atoms with Crippen LogP contribution < -0.4 is 5.32 Å². The minimum atomic E-state index is -0.787. The Bertz CT molecular complexity index is 635. The molecule has 2 unspecified atom stereocenters. The lowest BCUT2D eigenvalue weighted by Gasteiger charge is -2.12. The molecule has 27 heavy (non-hydrogen) atoms. The van der Waals surface area contributed by atoms with Crippen LogP contribution in [0.25, 0.3) is 0 Å². The smallest absolute Gasteiger partial charge is 0.273 e. The molecule has 1 aromatic heterocycles. The quantitative estimate of drug-likeness (QED) is 0.309. The summed E-state index contributed by atoms with van der Waals surface area (Å²) in [6, 6.07) is -0.787. The molecule has 1 heterocycles. The number of aliphatic hydroxyl groups excluding tert-OH is 1. The maximum absolute atomic E-state index is 12.4. The van der Waals surface area contributed by atoms with Crippen LogP contribution in [0.1, 0.15) is 61.5 Å². The summed E-state index contributed by atoms with van der Waals surface area (Å²) in [4.78, 5) is 23.4. The molecule has 0 saturated heterocycles. The van der Waals surface area contributed by atoms with Gasteiger partial charge in [0.25, 0.3) is 5.91 Å². The molecular formula is C19H29N3O5. The third-order valence-corrected chi connectivity index (χ3v) is 4.08. The normalized spacial score (nSPS) is 13.9. The van der Waals surface area contributed by atoms with E-state index in [9.17, 15) is 14.8 Å². The zero-order valence-corrected chi connectivity index (χ0v) is 16.2. The van der Waals surface area contributed by atoms with Gasteiger partial charge < -0.3 is 19.7 Å². The van der Waals surface area contributed by atoms with Crippen molar-refractivity contribution in [1.29, 1.82) is 0 Å². The van der Waals surface area contributed by atoms with Crippen LogP contribution in [0, 0.1) is 10.8 Å². The summed E-state index contributed by atoms with van der Waals surface area (Å²) in [5, 5.41) is 18.7. The Balaban J connectivity index is 2.74. The second-order valence-corrected chi connectivity index (χ2v) is 6.11. The van der Waals surface area contributed by atoms with Crippen LogP contribution in [0.15, 0.2) is 34.0 Å². The molecule has 150 valence electrons. The molecule has 1 rings (SSSR count). The van der Waals surface area contributed by atoms with Crippen molar-refractivity contribution in [2.24, 2.45) is 11.1 Å². The van der Waals surface area contributed by atoms with Gasteiger partial charge in [0.15, 0.2) is 11.5 Å². The number of carbonyl (C=O) groups excluding carboxylic acids is 1. The molecule has 0 fully saturated rings. The van der Waals surface area contributed by atoms with E-state index in [2.05, 4.69) is 15.7 Å². The predicted octanol–water partition coefficient (Wildman–Crippen LogP) is 3.29. The lowest BCUT2D eigenvalue weighted by atomic mass is 10.1. The van der Waals surface area contributed by atoms with Crippen LogP contribution in [0.4, 0.5) is 0 Å². The van der Waals surface area contributed by atoms with Crippen molar-refractivity contribution >= 4 is 5.91 Å². The number of allylic oxidation sites excluding steroid dienone is 3. The fraction of sp³-hybridized carbons (Fsp3) is 0.579. The number of amides is 1. The second kappa shape index (κ2) is 12.9. The minimum Gasteiger partial charge on any atom is -0.396 e. The first kappa shape index (κ1) is 22.7. The molecule has 0 aliphatic rings. The van der Waals surface area contributed by atoms with E-state index >= 15 is 0 Å². The Morgan fingerprint density at radius 1 is 1.44 bits per heavy atom. The van der Waals surface area contributed by atoms with Gasteiger partial charge in [-0.25, -0.2) is 0 Å². The molecule has 1 amide bonds. The van der Waals surface area contributed by atoms with Gasteiger partial charge in [-0.2, -0.15) is 4.91 Å². The van der Waals surface area contributed by atoms with Crippen molar-refractivity contribution < 1.29 is 19.2 Å². The SMILES string of the molecule is C/C=C\C=C/CCOCc1onc(C(=O)NCC(CC)CO)c1C(C)N=O. The lowest BCUT2D eigenvalue weighted by Crippen LogP contribution is -2.31. The molecule has 0 aliphatic heterocycles. The summed E-state index contributed by atoms with van der Waals surface area (Å²) >= 11 is 0. The third-order valence-electron chi connectivity index (χ3n) is 4.08. The second-order valence-electron chi connectivity index (χ2n) is 6.11. The summed E-state index contributed by atoms with van der Waals surface area (Å²) < 4.78 is 10.8. The number of hydrogen-bond acceptors (Lipinski definition) is 7. The highest BCUT2D eigenvalue weighted by atomic mass is 16.5. The predicted molar refractivity (Wildman–Crippen MR) is 102 cm³/mol.